The maximum atomic E-state index is 9.89. The smallest absolute Gasteiger partial charge is 0.550 e. The minimum absolute atomic E-state index is 0. The number of rotatable bonds is 4. The molecule has 0 rings (SSSR count). The molecule has 0 aliphatic rings. The predicted octanol–water partition coefficient (Wildman–Crippen LogP) is -3.85. The number of carboxylic acid groups (broad SMARTS) is 1. The summed E-state index contributed by atoms with van der Waals surface area (Å²) in [7, 11) is 0. The Balaban J connectivity index is 0. The third-order valence-electron chi connectivity index (χ3n) is 1.14. The van der Waals surface area contributed by atoms with Crippen LogP contribution in [0.4, 0.5) is 0 Å². The van der Waals surface area contributed by atoms with Crippen molar-refractivity contribution in [3.63, 3.8) is 0 Å². The standard InChI is InChI=1S/C6H12O3.Na/c1-5(2-3-7)4-6(8)9;/h5,7H,2-4H2,1H3,(H,8,9);/q;+1/p-1. The van der Waals surface area contributed by atoms with E-state index in [1.807, 2.05) is 0 Å². The largest absolute Gasteiger partial charge is 1.00 e. The van der Waals surface area contributed by atoms with Gasteiger partial charge in [0.05, 0.1) is 0 Å². The summed E-state index contributed by atoms with van der Waals surface area (Å²) < 4.78 is 0. The Kier molecular flexibility index (Phi) is 9.84. The molecule has 0 saturated heterocycles. The number of hydrogen-bond donors (Lipinski definition) is 1. The predicted molar refractivity (Wildman–Crippen MR) is 30.5 cm³/mol. The van der Waals surface area contributed by atoms with E-state index in [4.69, 9.17) is 5.11 Å². The van der Waals surface area contributed by atoms with Crippen molar-refractivity contribution in [2.75, 3.05) is 6.61 Å². The Hall–Kier alpha value is 0.430. The van der Waals surface area contributed by atoms with Gasteiger partial charge >= 0.3 is 29.6 Å². The van der Waals surface area contributed by atoms with E-state index in [0.717, 1.165) is 0 Å². The second-order valence-electron chi connectivity index (χ2n) is 2.19. The van der Waals surface area contributed by atoms with Crippen molar-refractivity contribution in [2.24, 2.45) is 5.92 Å². The molecular formula is C6H11NaO3. The fourth-order valence-electron chi connectivity index (χ4n) is 0.607. The Morgan fingerprint density at radius 3 is 2.50 bits per heavy atom. The first-order valence-electron chi connectivity index (χ1n) is 2.97. The van der Waals surface area contributed by atoms with Gasteiger partial charge in [0.15, 0.2) is 0 Å². The van der Waals surface area contributed by atoms with E-state index in [2.05, 4.69) is 0 Å². The minimum Gasteiger partial charge on any atom is -0.550 e. The van der Waals surface area contributed by atoms with Gasteiger partial charge in [0.1, 0.15) is 0 Å². The molecule has 1 N–H and O–H groups in total. The molecule has 1 unspecified atom stereocenters. The van der Waals surface area contributed by atoms with Crippen LogP contribution in [0, 0.1) is 5.92 Å². The third kappa shape index (κ3) is 8.43. The van der Waals surface area contributed by atoms with Gasteiger partial charge in [0.2, 0.25) is 0 Å². The zero-order valence-electron chi connectivity index (χ0n) is 6.46. The number of carbonyl (C=O) groups is 1. The Morgan fingerprint density at radius 2 is 2.20 bits per heavy atom. The van der Waals surface area contributed by atoms with Crippen molar-refractivity contribution in [2.45, 2.75) is 19.8 Å². The molecule has 0 saturated carbocycles. The molecule has 0 bridgehead atoms. The molecule has 10 heavy (non-hydrogen) atoms. The van der Waals surface area contributed by atoms with Crippen LogP contribution in [0.3, 0.4) is 0 Å². The molecule has 0 aliphatic heterocycles. The number of carbonyl (C=O) groups excluding carboxylic acids is 1. The zero-order chi connectivity index (χ0) is 7.28. The Morgan fingerprint density at radius 1 is 1.70 bits per heavy atom. The molecule has 0 aromatic carbocycles. The zero-order valence-corrected chi connectivity index (χ0v) is 8.46. The van der Waals surface area contributed by atoms with Crippen molar-refractivity contribution in [3.05, 3.63) is 0 Å². The molecule has 3 nitrogen and oxygen atoms in total. The average molecular weight is 154 g/mol. The van der Waals surface area contributed by atoms with E-state index in [1.165, 1.54) is 0 Å². The summed E-state index contributed by atoms with van der Waals surface area (Å²) in [4.78, 5) is 9.89. The third-order valence-corrected chi connectivity index (χ3v) is 1.14. The molecule has 0 heterocycles. The van der Waals surface area contributed by atoms with Crippen LogP contribution < -0.4 is 34.7 Å². The number of aliphatic hydroxyl groups is 1. The number of carboxylic acids is 1. The molecule has 0 radical (unpaired) electrons. The minimum atomic E-state index is -1.05. The van der Waals surface area contributed by atoms with Crippen LogP contribution in [0.1, 0.15) is 19.8 Å². The van der Waals surface area contributed by atoms with Crippen molar-refractivity contribution < 1.29 is 44.6 Å². The van der Waals surface area contributed by atoms with E-state index in [0.29, 0.717) is 6.42 Å². The second kappa shape index (κ2) is 7.54. The van der Waals surface area contributed by atoms with Crippen LogP contribution in [0.25, 0.3) is 0 Å². The van der Waals surface area contributed by atoms with Gasteiger partial charge in [0, 0.05) is 12.6 Å². The van der Waals surface area contributed by atoms with Gasteiger partial charge in [-0.15, -0.1) is 0 Å². The maximum absolute atomic E-state index is 9.89. The van der Waals surface area contributed by atoms with Gasteiger partial charge in [-0.3, -0.25) is 0 Å². The first-order chi connectivity index (χ1) is 4.16. The number of aliphatic hydroxyl groups excluding tert-OH is 1. The Labute approximate surface area is 82.7 Å². The van der Waals surface area contributed by atoms with E-state index in [1.54, 1.807) is 6.92 Å². The van der Waals surface area contributed by atoms with Crippen LogP contribution >= 0.6 is 0 Å². The molecule has 0 spiro atoms. The summed E-state index contributed by atoms with van der Waals surface area (Å²) in [5, 5.41) is 18.2. The van der Waals surface area contributed by atoms with Gasteiger partial charge in [-0.1, -0.05) is 6.92 Å². The first kappa shape index (κ1) is 13.1. The van der Waals surface area contributed by atoms with Gasteiger partial charge < -0.3 is 15.0 Å². The molecular weight excluding hydrogens is 143 g/mol. The molecule has 54 valence electrons. The van der Waals surface area contributed by atoms with E-state index < -0.39 is 5.97 Å². The molecule has 0 aliphatic carbocycles. The van der Waals surface area contributed by atoms with E-state index in [-0.39, 0.29) is 48.5 Å². The molecule has 4 heteroatoms. The van der Waals surface area contributed by atoms with Crippen LogP contribution in [-0.2, 0) is 4.79 Å². The summed E-state index contributed by atoms with van der Waals surface area (Å²) >= 11 is 0. The van der Waals surface area contributed by atoms with E-state index in [9.17, 15) is 9.90 Å². The molecule has 0 amide bonds. The fraction of sp³-hybridized carbons (Fsp3) is 0.833. The van der Waals surface area contributed by atoms with Crippen molar-refractivity contribution in [3.8, 4) is 0 Å². The van der Waals surface area contributed by atoms with Crippen LogP contribution in [0.5, 0.6) is 0 Å². The summed E-state index contributed by atoms with van der Waals surface area (Å²) in [6, 6.07) is 0. The summed E-state index contributed by atoms with van der Waals surface area (Å²) in [6.45, 7) is 1.82. The Bertz CT molecular complexity index is 95.0. The quantitative estimate of drug-likeness (QED) is 0.422. The molecule has 1 atom stereocenters. The first-order valence-corrected chi connectivity index (χ1v) is 2.97. The van der Waals surface area contributed by atoms with Gasteiger partial charge in [-0.25, -0.2) is 0 Å². The molecule has 0 aromatic rings. The monoisotopic (exact) mass is 154 g/mol. The number of aliphatic carboxylic acids is 1. The summed E-state index contributed by atoms with van der Waals surface area (Å²) in [5.41, 5.74) is 0. The summed E-state index contributed by atoms with van der Waals surface area (Å²) in [5.74, 6) is -1.02. The average Bonchev–Trinajstić information content (AvgIpc) is 1.63. The van der Waals surface area contributed by atoms with Gasteiger partial charge in [-0.2, -0.15) is 0 Å². The van der Waals surface area contributed by atoms with Crippen molar-refractivity contribution >= 4 is 5.97 Å². The van der Waals surface area contributed by atoms with Crippen molar-refractivity contribution in [1.29, 1.82) is 0 Å². The topological polar surface area (TPSA) is 60.4 Å². The van der Waals surface area contributed by atoms with Crippen molar-refractivity contribution in [1.82, 2.24) is 0 Å². The van der Waals surface area contributed by atoms with Crippen LogP contribution in [0.15, 0.2) is 0 Å². The SMILES string of the molecule is CC(CCO)CC(=O)[O-].[Na+]. The molecule has 0 aromatic heterocycles. The van der Waals surface area contributed by atoms with E-state index >= 15 is 0 Å². The maximum Gasteiger partial charge on any atom is 1.00 e. The van der Waals surface area contributed by atoms with Gasteiger partial charge in [0.25, 0.3) is 0 Å². The second-order valence-corrected chi connectivity index (χ2v) is 2.19. The normalized spacial score (nSPS) is 11.8. The number of hydrogen-bond acceptors (Lipinski definition) is 3. The van der Waals surface area contributed by atoms with Crippen LogP contribution in [-0.4, -0.2) is 17.7 Å². The van der Waals surface area contributed by atoms with Gasteiger partial charge in [-0.05, 0) is 18.8 Å². The van der Waals surface area contributed by atoms with Crippen LogP contribution in [0.2, 0.25) is 0 Å². The molecule has 0 fully saturated rings. The fourth-order valence-corrected chi connectivity index (χ4v) is 0.607. The summed E-state index contributed by atoms with van der Waals surface area (Å²) in [6.07, 6.45) is 0.578.